The second-order valence-electron chi connectivity index (χ2n) is 16.3. The molecule has 4 aromatic rings. The summed E-state index contributed by atoms with van der Waals surface area (Å²) in [5, 5.41) is 2.86. The molecule has 2 heterocycles. The van der Waals surface area contributed by atoms with E-state index in [2.05, 4.69) is 20.0 Å². The molecule has 354 valence electrons. The molecule has 2 aliphatic heterocycles. The number of likely N-dealkylation sites (tertiary alicyclic amines) is 1. The standard InChI is InChI=1S/C49H56N6O11S/c1-31-29-38(63-4)32(2)33(3)43(31)67(61,62)54-47(50)51-27-16-26-49(39(56)24-25-40(57)64-5)46(59)66-44(53-49)37-23-15-28-55(37)45(58)42(52-48(60)65-30-34-17-9-6-10-18-34)41(35-19-11-7-12-20-35)36-21-13-8-14-22-36/h6-14,17-22,29,37,41-42H,15-16,23-28,30H2,1-5H3,(H,52,60)(H3,50,51,54)/t37-,42-,49?/m0/s1. The number of nitrogens with zero attached hydrogens (tertiary/aromatic N) is 3. The molecule has 2 amide bonds. The van der Waals surface area contributed by atoms with E-state index < -0.39 is 75.7 Å². The molecule has 0 saturated carbocycles. The van der Waals surface area contributed by atoms with Crippen LogP contribution in [0.15, 0.2) is 112 Å². The Morgan fingerprint density at radius 2 is 1.55 bits per heavy atom. The first kappa shape index (κ1) is 49.4. The average molecular weight is 937 g/mol. The summed E-state index contributed by atoms with van der Waals surface area (Å²) in [5.41, 5.74) is 7.71. The van der Waals surface area contributed by atoms with Gasteiger partial charge in [-0.2, -0.15) is 0 Å². The Bertz CT molecular complexity index is 2590. The normalized spacial score (nSPS) is 17.6. The second-order valence-corrected chi connectivity index (χ2v) is 17.9. The van der Waals surface area contributed by atoms with Crippen molar-refractivity contribution in [3.63, 3.8) is 0 Å². The quantitative estimate of drug-likeness (QED) is 0.0271. The summed E-state index contributed by atoms with van der Waals surface area (Å²) in [6.45, 7) is 5.05. The highest BCUT2D eigenvalue weighted by atomic mass is 32.2. The van der Waals surface area contributed by atoms with Crippen LogP contribution in [0.5, 0.6) is 5.75 Å². The van der Waals surface area contributed by atoms with Gasteiger partial charge < -0.3 is 34.9 Å². The summed E-state index contributed by atoms with van der Waals surface area (Å²) in [7, 11) is -1.51. The minimum absolute atomic E-state index is 0.00178. The maximum Gasteiger partial charge on any atom is 0.408 e. The van der Waals surface area contributed by atoms with Crippen LogP contribution in [-0.2, 0) is 50.0 Å². The van der Waals surface area contributed by atoms with Crippen molar-refractivity contribution < 1.29 is 51.3 Å². The fraction of sp³-hybridized carbons (Fsp3) is 0.367. The number of rotatable bonds is 19. The molecular weight excluding hydrogens is 881 g/mol. The number of nitrogens with one attached hydrogen (secondary N) is 2. The number of Topliss-reactive ketones (excluding diaryl/α,β-unsaturated/α-hetero) is 1. The third kappa shape index (κ3) is 11.5. The number of aliphatic imine (C=N–C) groups is 2. The number of nitrogens with two attached hydrogens (primary N) is 1. The maximum atomic E-state index is 15.1. The number of ether oxygens (including phenoxy) is 4. The highest BCUT2D eigenvalue weighted by Gasteiger charge is 2.54. The van der Waals surface area contributed by atoms with Crippen molar-refractivity contribution in [1.82, 2.24) is 14.9 Å². The Morgan fingerprint density at radius 1 is 0.925 bits per heavy atom. The molecule has 0 radical (unpaired) electrons. The summed E-state index contributed by atoms with van der Waals surface area (Å²) >= 11 is 0. The highest BCUT2D eigenvalue weighted by Crippen LogP contribution is 2.36. The van der Waals surface area contributed by atoms with Gasteiger partial charge in [-0.05, 0) is 85.9 Å². The van der Waals surface area contributed by atoms with E-state index in [0.29, 0.717) is 35.3 Å². The van der Waals surface area contributed by atoms with E-state index in [1.165, 1.54) is 19.1 Å². The van der Waals surface area contributed by atoms with E-state index in [1.807, 2.05) is 91.0 Å². The van der Waals surface area contributed by atoms with Gasteiger partial charge in [-0.15, -0.1) is 0 Å². The van der Waals surface area contributed by atoms with Gasteiger partial charge in [-0.1, -0.05) is 91.0 Å². The fourth-order valence-electron chi connectivity index (χ4n) is 8.52. The van der Waals surface area contributed by atoms with Crippen molar-refractivity contribution in [3.8, 4) is 5.75 Å². The van der Waals surface area contributed by atoms with Gasteiger partial charge in [0.1, 0.15) is 24.4 Å². The number of hydrogen-bond donors (Lipinski definition) is 3. The third-order valence-electron chi connectivity index (χ3n) is 12.0. The zero-order chi connectivity index (χ0) is 48.3. The number of cyclic esters (lactones) is 1. The largest absolute Gasteiger partial charge is 0.496 e. The zero-order valence-corrected chi connectivity index (χ0v) is 39.0. The summed E-state index contributed by atoms with van der Waals surface area (Å²) in [6.07, 6.45) is -1.05. The van der Waals surface area contributed by atoms with Crippen LogP contribution >= 0.6 is 0 Å². The number of benzene rings is 4. The first-order chi connectivity index (χ1) is 32.1. The monoisotopic (exact) mass is 936 g/mol. The van der Waals surface area contributed by atoms with Gasteiger partial charge in [0.25, 0.3) is 10.0 Å². The Kier molecular flexibility index (Phi) is 16.2. The van der Waals surface area contributed by atoms with Crippen molar-refractivity contribution in [2.45, 2.75) is 94.3 Å². The minimum atomic E-state index is -4.19. The van der Waals surface area contributed by atoms with Crippen LogP contribution < -0.4 is 20.5 Å². The second kappa shape index (κ2) is 21.9. The van der Waals surface area contributed by atoms with Crippen LogP contribution in [0.2, 0.25) is 0 Å². The Balaban J connectivity index is 1.27. The lowest BCUT2D eigenvalue weighted by atomic mass is 9.84. The third-order valence-corrected chi connectivity index (χ3v) is 13.6. The molecule has 17 nitrogen and oxygen atoms in total. The lowest BCUT2D eigenvalue weighted by molar-refractivity contribution is -0.147. The van der Waals surface area contributed by atoms with E-state index in [9.17, 15) is 27.6 Å². The minimum Gasteiger partial charge on any atom is -0.496 e. The lowest BCUT2D eigenvalue weighted by Crippen LogP contribution is -2.54. The predicted molar refractivity (Wildman–Crippen MR) is 249 cm³/mol. The maximum absolute atomic E-state index is 15.1. The number of methoxy groups -OCH3 is 2. The number of esters is 2. The summed E-state index contributed by atoms with van der Waals surface area (Å²) < 4.78 is 50.8. The molecule has 0 bridgehead atoms. The number of alkyl carbamates (subject to hydrolysis) is 1. The Labute approximate surface area is 390 Å². The molecule has 0 aliphatic carbocycles. The molecule has 67 heavy (non-hydrogen) atoms. The number of carbonyl (C=O) groups excluding carboxylic acids is 5. The van der Waals surface area contributed by atoms with E-state index in [4.69, 9.17) is 24.7 Å². The van der Waals surface area contributed by atoms with Crippen molar-refractivity contribution >= 4 is 51.6 Å². The van der Waals surface area contributed by atoms with E-state index >= 15 is 4.79 Å². The molecular formula is C49H56N6O11S. The fourth-order valence-corrected chi connectivity index (χ4v) is 10.0. The van der Waals surface area contributed by atoms with Gasteiger partial charge in [-0.25, -0.2) is 27.7 Å². The van der Waals surface area contributed by atoms with E-state index in [1.54, 1.807) is 26.8 Å². The van der Waals surface area contributed by atoms with Gasteiger partial charge in [0.2, 0.25) is 23.3 Å². The van der Waals surface area contributed by atoms with Gasteiger partial charge in [0, 0.05) is 25.4 Å². The van der Waals surface area contributed by atoms with Gasteiger partial charge in [-0.3, -0.25) is 19.4 Å². The van der Waals surface area contributed by atoms with Crippen molar-refractivity contribution in [2.75, 3.05) is 27.3 Å². The van der Waals surface area contributed by atoms with Crippen molar-refractivity contribution in [1.29, 1.82) is 0 Å². The van der Waals surface area contributed by atoms with Crippen molar-refractivity contribution in [2.24, 2.45) is 15.7 Å². The first-order valence-electron chi connectivity index (χ1n) is 21.9. The molecule has 18 heteroatoms. The molecule has 2 aliphatic rings. The molecule has 4 aromatic carbocycles. The number of ketones is 1. The Morgan fingerprint density at radius 3 is 2.16 bits per heavy atom. The van der Waals surface area contributed by atoms with Crippen molar-refractivity contribution in [3.05, 3.63) is 130 Å². The predicted octanol–water partition coefficient (Wildman–Crippen LogP) is 5.33. The number of sulfonamides is 1. The summed E-state index contributed by atoms with van der Waals surface area (Å²) in [4.78, 5) is 79.3. The van der Waals surface area contributed by atoms with Gasteiger partial charge in [0.15, 0.2) is 5.78 Å². The molecule has 3 atom stereocenters. The van der Waals surface area contributed by atoms with Crippen LogP contribution in [0, 0.1) is 20.8 Å². The van der Waals surface area contributed by atoms with Crippen LogP contribution in [0.3, 0.4) is 0 Å². The average Bonchev–Trinajstić information content (AvgIpc) is 3.95. The van der Waals surface area contributed by atoms with Crippen LogP contribution in [0.25, 0.3) is 0 Å². The number of hydrogen-bond acceptors (Lipinski definition) is 13. The Hall–Kier alpha value is -7.08. The van der Waals surface area contributed by atoms with Crippen LogP contribution in [-0.4, -0.2) is 99.8 Å². The lowest BCUT2D eigenvalue weighted by Gasteiger charge is -2.33. The molecule has 0 aromatic heterocycles. The van der Waals surface area contributed by atoms with Gasteiger partial charge >= 0.3 is 18.0 Å². The molecule has 0 spiro atoms. The molecule has 1 fully saturated rings. The smallest absolute Gasteiger partial charge is 0.408 e. The number of guanidine groups is 1. The number of carbonyl (C=O) groups is 5. The van der Waals surface area contributed by atoms with E-state index in [-0.39, 0.29) is 49.8 Å². The van der Waals surface area contributed by atoms with Gasteiger partial charge in [0.05, 0.1) is 25.5 Å². The number of aryl methyl sites for hydroxylation is 1. The molecule has 1 saturated heterocycles. The zero-order valence-electron chi connectivity index (χ0n) is 38.2. The first-order valence-corrected chi connectivity index (χ1v) is 23.4. The number of amides is 2. The molecule has 1 unspecified atom stereocenters. The topological polar surface area (TPSA) is 234 Å². The van der Waals surface area contributed by atoms with Crippen LogP contribution in [0.4, 0.5) is 4.79 Å². The SMILES string of the molecule is COC(=O)CCC(=O)C1(CCCN=C(N)NS(=O)(=O)c2c(C)cc(OC)c(C)c2C)N=C([C@@H]2CCCN2C(=O)[C@@H](NC(=O)OCc2ccccc2)C(c2ccccc2)c2ccccc2)OC1=O. The summed E-state index contributed by atoms with van der Waals surface area (Å²) in [6, 6.07) is 27.1. The summed E-state index contributed by atoms with van der Waals surface area (Å²) in [5.74, 6) is -3.66. The van der Waals surface area contributed by atoms with Crippen LogP contribution in [0.1, 0.15) is 77.8 Å². The molecule has 6 rings (SSSR count). The molecule has 4 N–H and O–H groups in total. The van der Waals surface area contributed by atoms with E-state index in [0.717, 1.165) is 16.7 Å². The highest BCUT2D eigenvalue weighted by molar-refractivity contribution is 7.90.